The zero-order valence-electron chi connectivity index (χ0n) is 11.2. The van der Waals surface area contributed by atoms with Gasteiger partial charge in [-0.3, -0.25) is 9.59 Å². The van der Waals surface area contributed by atoms with E-state index in [1.54, 1.807) is 0 Å². The lowest BCUT2D eigenvalue weighted by molar-refractivity contribution is 0.0938. The molecule has 2 N–H and O–H groups in total. The van der Waals surface area contributed by atoms with Crippen molar-refractivity contribution in [2.45, 2.75) is 19.1 Å². The van der Waals surface area contributed by atoms with Gasteiger partial charge < -0.3 is 15.0 Å². The van der Waals surface area contributed by atoms with E-state index in [0.29, 0.717) is 31.3 Å². The van der Waals surface area contributed by atoms with E-state index in [2.05, 4.69) is 15.3 Å². The molecule has 1 aromatic rings. The third-order valence-corrected chi connectivity index (χ3v) is 2.82. The molecule has 0 aliphatic carbocycles. The lowest BCUT2D eigenvalue weighted by Crippen LogP contribution is -2.28. The van der Waals surface area contributed by atoms with Crippen molar-refractivity contribution in [2.24, 2.45) is 0 Å². The van der Waals surface area contributed by atoms with E-state index < -0.39 is 0 Å². The Bertz CT molecular complexity index is 462. The number of amides is 1. The van der Waals surface area contributed by atoms with Crippen molar-refractivity contribution in [3.05, 3.63) is 27.9 Å². The van der Waals surface area contributed by atoms with Crippen molar-refractivity contribution in [3.8, 4) is 0 Å². The molecule has 7 heteroatoms. The van der Waals surface area contributed by atoms with Gasteiger partial charge in [-0.1, -0.05) is 0 Å². The maximum Gasteiger partial charge on any atom is 0.270 e. The number of H-pyrrole nitrogens is 1. The number of hydrogen-bond acceptors (Lipinski definition) is 5. The van der Waals surface area contributed by atoms with E-state index in [0.717, 1.165) is 6.42 Å². The highest BCUT2D eigenvalue weighted by Gasteiger charge is 2.09. The van der Waals surface area contributed by atoms with Gasteiger partial charge in [-0.2, -0.15) is 11.8 Å². The van der Waals surface area contributed by atoms with Crippen LogP contribution in [0.15, 0.2) is 10.9 Å². The lowest BCUT2D eigenvalue weighted by atomic mass is 10.3. The molecule has 19 heavy (non-hydrogen) atoms. The molecular weight excluding hydrogens is 266 g/mol. The van der Waals surface area contributed by atoms with E-state index in [-0.39, 0.29) is 17.2 Å². The summed E-state index contributed by atoms with van der Waals surface area (Å²) in [5.74, 6) is 0.755. The van der Waals surface area contributed by atoms with Crippen LogP contribution < -0.4 is 10.9 Å². The Balaban J connectivity index is 2.54. The summed E-state index contributed by atoms with van der Waals surface area (Å²) in [5.41, 5.74) is -0.150. The first-order valence-electron chi connectivity index (χ1n) is 6.12. The highest BCUT2D eigenvalue weighted by Crippen LogP contribution is 2.02. The van der Waals surface area contributed by atoms with E-state index in [9.17, 15) is 9.59 Å². The fourth-order valence-electron chi connectivity index (χ4n) is 1.44. The van der Waals surface area contributed by atoms with Crippen LogP contribution in [0.1, 0.15) is 29.7 Å². The summed E-state index contributed by atoms with van der Waals surface area (Å²) in [7, 11) is 0. The second-order valence-corrected chi connectivity index (χ2v) is 4.68. The molecule has 1 heterocycles. The van der Waals surface area contributed by atoms with Crippen LogP contribution in [0.25, 0.3) is 0 Å². The number of rotatable bonds is 8. The van der Waals surface area contributed by atoms with Crippen LogP contribution in [-0.4, -0.2) is 41.9 Å². The fraction of sp³-hybridized carbons (Fsp3) is 0.583. The largest absolute Gasteiger partial charge is 0.382 e. The topological polar surface area (TPSA) is 84.1 Å². The summed E-state index contributed by atoms with van der Waals surface area (Å²) < 4.78 is 5.17. The Morgan fingerprint density at radius 3 is 3.05 bits per heavy atom. The number of thioether (sulfide) groups is 1. The SMILES string of the molecule is CCOCCCNC(=O)c1cc(=O)[nH]c(CSC)n1. The van der Waals surface area contributed by atoms with Crippen LogP contribution in [0.3, 0.4) is 0 Å². The molecule has 0 atom stereocenters. The minimum Gasteiger partial charge on any atom is -0.382 e. The third-order valence-electron chi connectivity index (χ3n) is 2.26. The summed E-state index contributed by atoms with van der Waals surface area (Å²) >= 11 is 1.53. The van der Waals surface area contributed by atoms with Gasteiger partial charge in [-0.05, 0) is 19.6 Å². The average Bonchev–Trinajstić information content (AvgIpc) is 2.38. The highest BCUT2D eigenvalue weighted by molar-refractivity contribution is 7.97. The van der Waals surface area contributed by atoms with Gasteiger partial charge in [-0.25, -0.2) is 4.98 Å². The van der Waals surface area contributed by atoms with Crippen molar-refractivity contribution < 1.29 is 9.53 Å². The van der Waals surface area contributed by atoms with Crippen LogP contribution >= 0.6 is 11.8 Å². The molecule has 106 valence electrons. The van der Waals surface area contributed by atoms with Gasteiger partial charge in [0.1, 0.15) is 11.5 Å². The van der Waals surface area contributed by atoms with Crippen molar-refractivity contribution in [1.82, 2.24) is 15.3 Å². The molecule has 0 fully saturated rings. The van der Waals surface area contributed by atoms with Crippen LogP contribution in [0, 0.1) is 0 Å². The van der Waals surface area contributed by atoms with E-state index in [4.69, 9.17) is 4.74 Å². The maximum atomic E-state index is 11.8. The molecule has 0 aromatic carbocycles. The first kappa shape index (κ1) is 15.7. The number of nitrogens with one attached hydrogen (secondary N) is 2. The Labute approximate surface area is 116 Å². The van der Waals surface area contributed by atoms with Gasteiger partial charge in [0, 0.05) is 25.8 Å². The molecule has 0 saturated carbocycles. The van der Waals surface area contributed by atoms with Crippen LogP contribution in [0.4, 0.5) is 0 Å². The number of hydrogen-bond donors (Lipinski definition) is 2. The Morgan fingerprint density at radius 1 is 1.58 bits per heavy atom. The standard InChI is InChI=1S/C12H19N3O3S/c1-3-18-6-4-5-13-12(17)9-7-11(16)15-10(14-9)8-19-2/h7H,3-6,8H2,1-2H3,(H,13,17)(H,14,15,16). The smallest absolute Gasteiger partial charge is 0.270 e. The molecule has 0 saturated heterocycles. The lowest BCUT2D eigenvalue weighted by Gasteiger charge is -2.05. The van der Waals surface area contributed by atoms with E-state index in [1.807, 2.05) is 13.2 Å². The molecule has 0 aliphatic heterocycles. The monoisotopic (exact) mass is 285 g/mol. The normalized spacial score (nSPS) is 10.4. The minimum absolute atomic E-state index is 0.157. The van der Waals surface area contributed by atoms with Gasteiger partial charge in [0.05, 0.1) is 5.75 Å². The number of carbonyl (C=O) groups is 1. The summed E-state index contributed by atoms with van der Waals surface area (Å²) in [5, 5.41) is 2.71. The van der Waals surface area contributed by atoms with Crippen LogP contribution in [-0.2, 0) is 10.5 Å². The summed E-state index contributed by atoms with van der Waals surface area (Å²) in [6.07, 6.45) is 2.64. The number of ether oxygens (including phenoxy) is 1. The second-order valence-electron chi connectivity index (χ2n) is 3.82. The predicted octanol–water partition coefficient (Wildman–Crippen LogP) is 0.789. The molecule has 1 aromatic heterocycles. The minimum atomic E-state index is -0.329. The first-order valence-corrected chi connectivity index (χ1v) is 7.52. The number of nitrogens with zero attached hydrogens (tertiary/aromatic N) is 1. The second kappa shape index (κ2) is 8.71. The Morgan fingerprint density at radius 2 is 2.37 bits per heavy atom. The molecule has 1 rings (SSSR count). The van der Waals surface area contributed by atoms with Gasteiger partial charge in [0.2, 0.25) is 0 Å². The molecule has 0 radical (unpaired) electrons. The zero-order valence-corrected chi connectivity index (χ0v) is 12.0. The zero-order chi connectivity index (χ0) is 14.1. The summed E-state index contributed by atoms with van der Waals surface area (Å²) in [6.45, 7) is 3.70. The van der Waals surface area contributed by atoms with Crippen LogP contribution in [0.5, 0.6) is 0 Å². The molecule has 6 nitrogen and oxygen atoms in total. The van der Waals surface area contributed by atoms with Gasteiger partial charge in [-0.15, -0.1) is 0 Å². The van der Waals surface area contributed by atoms with Crippen LogP contribution in [0.2, 0.25) is 0 Å². The van der Waals surface area contributed by atoms with Crippen molar-refractivity contribution in [2.75, 3.05) is 26.0 Å². The Kier molecular flexibility index (Phi) is 7.20. The number of carbonyl (C=O) groups excluding carboxylic acids is 1. The molecule has 0 spiro atoms. The highest BCUT2D eigenvalue weighted by atomic mass is 32.2. The first-order chi connectivity index (χ1) is 9.17. The van der Waals surface area contributed by atoms with Crippen molar-refractivity contribution in [1.29, 1.82) is 0 Å². The third kappa shape index (κ3) is 5.89. The number of aromatic nitrogens is 2. The van der Waals surface area contributed by atoms with E-state index in [1.165, 1.54) is 17.8 Å². The maximum absolute atomic E-state index is 11.8. The molecule has 0 aliphatic rings. The molecule has 1 amide bonds. The van der Waals surface area contributed by atoms with Crippen molar-refractivity contribution >= 4 is 17.7 Å². The Hall–Kier alpha value is -1.34. The molecule has 0 bridgehead atoms. The molecular formula is C12H19N3O3S. The van der Waals surface area contributed by atoms with Gasteiger partial charge >= 0.3 is 0 Å². The van der Waals surface area contributed by atoms with E-state index >= 15 is 0 Å². The molecule has 0 unspecified atom stereocenters. The van der Waals surface area contributed by atoms with Gasteiger partial charge in [0.15, 0.2) is 0 Å². The van der Waals surface area contributed by atoms with Gasteiger partial charge in [0.25, 0.3) is 11.5 Å². The summed E-state index contributed by atoms with van der Waals surface area (Å²) in [4.78, 5) is 29.9. The summed E-state index contributed by atoms with van der Waals surface area (Å²) in [6, 6.07) is 1.21. The predicted molar refractivity (Wildman–Crippen MR) is 75.5 cm³/mol. The quantitative estimate of drug-likeness (QED) is 0.690. The fourth-order valence-corrected chi connectivity index (χ4v) is 1.85. The average molecular weight is 285 g/mol. The van der Waals surface area contributed by atoms with Crippen molar-refractivity contribution in [3.63, 3.8) is 0 Å². The number of aromatic amines is 1.